The van der Waals surface area contributed by atoms with Gasteiger partial charge in [-0.25, -0.2) is 4.79 Å². The van der Waals surface area contributed by atoms with E-state index in [0.29, 0.717) is 6.42 Å². The number of benzene rings is 3. The molecule has 0 heterocycles. The van der Waals surface area contributed by atoms with Gasteiger partial charge in [0.1, 0.15) is 6.10 Å². The van der Waals surface area contributed by atoms with Crippen LogP contribution in [0, 0.1) is 5.92 Å². The molecule has 0 aliphatic heterocycles. The van der Waals surface area contributed by atoms with Gasteiger partial charge < -0.3 is 15.4 Å². The smallest absolute Gasteiger partial charge is 0.408 e. The Labute approximate surface area is 169 Å². The van der Waals surface area contributed by atoms with E-state index < -0.39 is 12.2 Å². The minimum Gasteiger partial charge on any atom is -0.445 e. The van der Waals surface area contributed by atoms with Crippen molar-refractivity contribution in [3.8, 4) is 0 Å². The van der Waals surface area contributed by atoms with Gasteiger partial charge in [0.05, 0.1) is 12.0 Å². The molecular weight excluding hydrogens is 364 g/mol. The van der Waals surface area contributed by atoms with Crippen LogP contribution in [0.4, 0.5) is 10.5 Å². The van der Waals surface area contributed by atoms with Gasteiger partial charge >= 0.3 is 6.09 Å². The zero-order valence-corrected chi connectivity index (χ0v) is 15.8. The van der Waals surface area contributed by atoms with E-state index in [4.69, 9.17) is 4.74 Å². The zero-order valence-electron chi connectivity index (χ0n) is 15.8. The van der Waals surface area contributed by atoms with Crippen molar-refractivity contribution in [3.63, 3.8) is 0 Å². The molecule has 1 fully saturated rings. The number of alkyl carbamates (subject to hydrolysis) is 1. The van der Waals surface area contributed by atoms with E-state index in [2.05, 4.69) is 10.6 Å². The number of carbonyl (C=O) groups is 2. The molecule has 146 valence electrons. The summed E-state index contributed by atoms with van der Waals surface area (Å²) in [5.41, 5.74) is 2.66. The average molecular weight is 386 g/mol. The van der Waals surface area contributed by atoms with Gasteiger partial charge in [0.25, 0.3) is 0 Å². The average Bonchev–Trinajstić information content (AvgIpc) is 3.53. The van der Waals surface area contributed by atoms with E-state index in [0.717, 1.165) is 16.8 Å². The minimum absolute atomic E-state index is 0.128. The van der Waals surface area contributed by atoms with E-state index in [-0.39, 0.29) is 17.9 Å². The molecule has 5 nitrogen and oxygen atoms in total. The Morgan fingerprint density at radius 1 is 0.793 bits per heavy atom. The highest BCUT2D eigenvalue weighted by molar-refractivity contribution is 5.95. The molecule has 1 aliphatic rings. The number of hydrogen-bond acceptors (Lipinski definition) is 3. The first-order valence-corrected chi connectivity index (χ1v) is 9.63. The molecular formula is C24H22N2O3. The molecule has 2 atom stereocenters. The summed E-state index contributed by atoms with van der Waals surface area (Å²) in [5, 5.41) is 5.79. The number of anilines is 1. The lowest BCUT2D eigenvalue weighted by molar-refractivity contribution is -0.117. The molecule has 2 unspecified atom stereocenters. The van der Waals surface area contributed by atoms with Gasteiger partial charge in [0.15, 0.2) is 0 Å². The highest BCUT2D eigenvalue weighted by Crippen LogP contribution is 2.35. The summed E-state index contributed by atoms with van der Waals surface area (Å²) in [6.07, 6.45) is -0.387. The lowest BCUT2D eigenvalue weighted by atomic mass is 9.99. The second-order valence-electron chi connectivity index (χ2n) is 7.04. The molecule has 1 aliphatic carbocycles. The van der Waals surface area contributed by atoms with E-state index in [1.54, 1.807) is 0 Å². The van der Waals surface area contributed by atoms with Crippen LogP contribution in [0.2, 0.25) is 0 Å². The molecule has 0 aromatic heterocycles. The number of amides is 2. The SMILES string of the molecule is O=C(NC(c1ccccc1)c1ccccc1)OC1CC1C(=O)Nc1ccccc1. The zero-order chi connectivity index (χ0) is 20.1. The van der Waals surface area contributed by atoms with E-state index in [1.165, 1.54) is 0 Å². The summed E-state index contributed by atoms with van der Waals surface area (Å²) in [6.45, 7) is 0. The summed E-state index contributed by atoms with van der Waals surface area (Å²) < 4.78 is 5.50. The lowest BCUT2D eigenvalue weighted by Crippen LogP contribution is -2.31. The van der Waals surface area contributed by atoms with E-state index in [9.17, 15) is 9.59 Å². The lowest BCUT2D eigenvalue weighted by Gasteiger charge is -2.19. The molecule has 3 aromatic carbocycles. The summed E-state index contributed by atoms with van der Waals surface area (Å²) in [4.78, 5) is 24.8. The van der Waals surface area contributed by atoms with Crippen molar-refractivity contribution in [2.45, 2.75) is 18.6 Å². The summed E-state index contributed by atoms with van der Waals surface area (Å²) >= 11 is 0. The third-order valence-electron chi connectivity index (χ3n) is 4.90. The summed E-state index contributed by atoms with van der Waals surface area (Å²) in [6, 6.07) is 28.4. The first-order valence-electron chi connectivity index (χ1n) is 9.63. The standard InChI is InChI=1S/C24H22N2O3/c27-23(25-19-14-8-3-9-15-19)20-16-21(20)29-24(28)26-22(17-10-4-1-5-11-17)18-12-6-2-7-13-18/h1-15,20-22H,16H2,(H,25,27)(H,26,28). The van der Waals surface area contributed by atoms with E-state index >= 15 is 0 Å². The van der Waals surface area contributed by atoms with E-state index in [1.807, 2.05) is 91.0 Å². The fourth-order valence-corrected chi connectivity index (χ4v) is 3.27. The van der Waals surface area contributed by atoms with Crippen LogP contribution in [0.5, 0.6) is 0 Å². The molecule has 2 amide bonds. The molecule has 0 radical (unpaired) electrons. The monoisotopic (exact) mass is 386 g/mol. The number of hydrogen-bond donors (Lipinski definition) is 2. The molecule has 2 N–H and O–H groups in total. The van der Waals surface area contributed by atoms with Crippen molar-refractivity contribution in [3.05, 3.63) is 102 Å². The Kier molecular flexibility index (Phi) is 5.56. The van der Waals surface area contributed by atoms with Crippen LogP contribution in [-0.2, 0) is 9.53 Å². The van der Waals surface area contributed by atoms with Crippen LogP contribution < -0.4 is 10.6 Å². The van der Waals surface area contributed by atoms with Gasteiger partial charge in [0, 0.05) is 12.1 Å². The second-order valence-corrected chi connectivity index (χ2v) is 7.04. The largest absolute Gasteiger partial charge is 0.445 e. The van der Waals surface area contributed by atoms with Crippen molar-refractivity contribution in [1.29, 1.82) is 0 Å². The fourth-order valence-electron chi connectivity index (χ4n) is 3.27. The molecule has 4 rings (SSSR count). The Morgan fingerprint density at radius 3 is 1.86 bits per heavy atom. The van der Waals surface area contributed by atoms with Crippen LogP contribution in [0.3, 0.4) is 0 Å². The molecule has 0 saturated heterocycles. The minimum atomic E-state index is -0.525. The molecule has 0 spiro atoms. The first-order chi connectivity index (χ1) is 14.2. The fraction of sp³-hybridized carbons (Fsp3) is 0.167. The molecule has 1 saturated carbocycles. The van der Waals surface area contributed by atoms with Gasteiger partial charge in [-0.05, 0) is 23.3 Å². The van der Waals surface area contributed by atoms with Crippen molar-refractivity contribution in [2.75, 3.05) is 5.32 Å². The van der Waals surface area contributed by atoms with Gasteiger partial charge in [0.2, 0.25) is 5.91 Å². The van der Waals surface area contributed by atoms with Crippen molar-refractivity contribution < 1.29 is 14.3 Å². The highest BCUT2D eigenvalue weighted by Gasteiger charge is 2.46. The summed E-state index contributed by atoms with van der Waals surface area (Å²) in [5.74, 6) is -0.440. The number of rotatable bonds is 6. The molecule has 29 heavy (non-hydrogen) atoms. The predicted octanol–water partition coefficient (Wildman–Crippen LogP) is 4.53. The first kappa shape index (κ1) is 18.7. The van der Waals surface area contributed by atoms with Gasteiger partial charge in [-0.2, -0.15) is 0 Å². The Bertz CT molecular complexity index is 922. The predicted molar refractivity (Wildman–Crippen MR) is 111 cm³/mol. The number of nitrogens with one attached hydrogen (secondary N) is 2. The van der Waals surface area contributed by atoms with Crippen LogP contribution in [0.15, 0.2) is 91.0 Å². The van der Waals surface area contributed by atoms with Crippen LogP contribution in [-0.4, -0.2) is 18.1 Å². The Balaban J connectivity index is 1.36. The highest BCUT2D eigenvalue weighted by atomic mass is 16.6. The normalized spacial score (nSPS) is 17.4. The quantitative estimate of drug-likeness (QED) is 0.654. The maximum absolute atomic E-state index is 12.5. The van der Waals surface area contributed by atoms with Gasteiger partial charge in [-0.15, -0.1) is 0 Å². The maximum atomic E-state index is 12.5. The van der Waals surface area contributed by atoms with Crippen LogP contribution >= 0.6 is 0 Å². The van der Waals surface area contributed by atoms with Crippen molar-refractivity contribution in [2.24, 2.45) is 5.92 Å². The number of carbonyl (C=O) groups excluding carboxylic acids is 2. The second kappa shape index (κ2) is 8.61. The third kappa shape index (κ3) is 4.82. The van der Waals surface area contributed by atoms with Crippen LogP contribution in [0.1, 0.15) is 23.6 Å². The van der Waals surface area contributed by atoms with Crippen molar-refractivity contribution >= 4 is 17.7 Å². The molecule has 5 heteroatoms. The van der Waals surface area contributed by atoms with Crippen molar-refractivity contribution in [1.82, 2.24) is 5.32 Å². The topological polar surface area (TPSA) is 67.4 Å². The Morgan fingerprint density at radius 2 is 1.31 bits per heavy atom. The van der Waals surface area contributed by atoms with Gasteiger partial charge in [-0.3, -0.25) is 4.79 Å². The number of ether oxygens (including phenoxy) is 1. The number of para-hydroxylation sites is 1. The maximum Gasteiger partial charge on any atom is 0.408 e. The van der Waals surface area contributed by atoms with Crippen LogP contribution in [0.25, 0.3) is 0 Å². The Hall–Kier alpha value is -3.60. The van der Waals surface area contributed by atoms with Gasteiger partial charge in [-0.1, -0.05) is 78.9 Å². The third-order valence-corrected chi connectivity index (χ3v) is 4.90. The molecule has 0 bridgehead atoms. The summed E-state index contributed by atoms with van der Waals surface area (Å²) in [7, 11) is 0. The molecule has 3 aromatic rings.